The van der Waals surface area contributed by atoms with Gasteiger partial charge in [0.2, 0.25) is 5.82 Å². The fourth-order valence-corrected chi connectivity index (χ4v) is 3.50. The maximum absolute atomic E-state index is 12.2. The van der Waals surface area contributed by atoms with Crippen molar-refractivity contribution < 1.29 is 29.7 Å². The number of fused-ring (bicyclic) bond motifs is 1. The number of aliphatic hydroxyl groups excluding tert-OH is 2. The van der Waals surface area contributed by atoms with E-state index in [1.807, 2.05) is 6.07 Å². The fourth-order valence-electron chi connectivity index (χ4n) is 3.50. The Labute approximate surface area is 194 Å². The van der Waals surface area contributed by atoms with E-state index in [-0.39, 0.29) is 29.4 Å². The van der Waals surface area contributed by atoms with Gasteiger partial charge in [0, 0.05) is 0 Å². The van der Waals surface area contributed by atoms with Gasteiger partial charge < -0.3 is 25.8 Å². The average molecular weight is 468 g/mol. The lowest BCUT2D eigenvalue weighted by atomic mass is 9.97. The SMILES string of the molecule is CCONC(=O)[C@H]1O[C@@H](n2cnc3c(N)nc(C#CC(C)(O)c4ccccc4)nc32)[C@H](O)[C@@H]1O. The molecule has 3 heterocycles. The van der Waals surface area contributed by atoms with E-state index in [0.29, 0.717) is 5.56 Å². The average Bonchev–Trinajstić information content (AvgIpc) is 3.38. The van der Waals surface area contributed by atoms with Crippen LogP contribution in [0.2, 0.25) is 0 Å². The van der Waals surface area contributed by atoms with Crippen molar-refractivity contribution in [3.8, 4) is 11.8 Å². The third kappa shape index (κ3) is 4.43. The van der Waals surface area contributed by atoms with Crippen LogP contribution < -0.4 is 11.2 Å². The number of carbonyl (C=O) groups is 1. The molecule has 0 radical (unpaired) electrons. The minimum atomic E-state index is -1.53. The molecule has 0 bridgehead atoms. The molecular weight excluding hydrogens is 444 g/mol. The molecule has 1 unspecified atom stereocenters. The number of anilines is 1. The Morgan fingerprint density at radius 3 is 2.74 bits per heavy atom. The van der Waals surface area contributed by atoms with E-state index in [4.69, 9.17) is 15.3 Å². The molecule has 34 heavy (non-hydrogen) atoms. The van der Waals surface area contributed by atoms with Crippen LogP contribution in [-0.2, 0) is 20.0 Å². The minimum Gasteiger partial charge on any atom is -0.387 e. The molecule has 1 saturated heterocycles. The number of carbonyl (C=O) groups excluding carboxylic acids is 1. The van der Waals surface area contributed by atoms with Crippen LogP contribution in [0.1, 0.15) is 31.5 Å². The smallest absolute Gasteiger partial charge is 0.275 e. The second kappa shape index (κ2) is 9.34. The summed E-state index contributed by atoms with van der Waals surface area (Å²) < 4.78 is 6.93. The van der Waals surface area contributed by atoms with Crippen LogP contribution in [0.5, 0.6) is 0 Å². The minimum absolute atomic E-state index is 0.00151. The summed E-state index contributed by atoms with van der Waals surface area (Å²) in [6.07, 6.45) is -4.28. The maximum atomic E-state index is 12.2. The summed E-state index contributed by atoms with van der Waals surface area (Å²) in [5, 5.41) is 31.6. The Hall–Kier alpha value is -3.60. The highest BCUT2D eigenvalue weighted by Crippen LogP contribution is 2.32. The summed E-state index contributed by atoms with van der Waals surface area (Å²) >= 11 is 0. The number of nitrogens with zero attached hydrogens (tertiary/aromatic N) is 4. The molecular formula is C22H24N6O6. The van der Waals surface area contributed by atoms with Gasteiger partial charge in [-0.15, -0.1) is 0 Å². The van der Waals surface area contributed by atoms with E-state index in [1.54, 1.807) is 38.1 Å². The number of nitrogens with one attached hydrogen (secondary N) is 1. The number of ether oxygens (including phenoxy) is 1. The van der Waals surface area contributed by atoms with E-state index in [9.17, 15) is 20.1 Å². The van der Waals surface area contributed by atoms with Gasteiger partial charge >= 0.3 is 0 Å². The molecule has 1 aliphatic heterocycles. The molecule has 3 aromatic rings. The van der Waals surface area contributed by atoms with Gasteiger partial charge in [-0.25, -0.2) is 20.4 Å². The molecule has 4 rings (SSSR count). The summed E-state index contributed by atoms with van der Waals surface area (Å²) in [5.41, 5.74) is 7.67. The molecule has 5 atom stereocenters. The Bertz CT molecular complexity index is 1250. The van der Waals surface area contributed by atoms with Gasteiger partial charge in [-0.2, -0.15) is 0 Å². The number of aliphatic hydroxyl groups is 3. The van der Waals surface area contributed by atoms with Gasteiger partial charge in [-0.1, -0.05) is 36.3 Å². The van der Waals surface area contributed by atoms with Crippen LogP contribution in [0.4, 0.5) is 5.82 Å². The van der Waals surface area contributed by atoms with Crippen LogP contribution in [-0.4, -0.2) is 65.7 Å². The second-order valence-corrected chi connectivity index (χ2v) is 7.77. The number of hydrogen-bond donors (Lipinski definition) is 5. The van der Waals surface area contributed by atoms with Crippen molar-refractivity contribution in [2.75, 3.05) is 12.3 Å². The zero-order valence-electron chi connectivity index (χ0n) is 18.4. The van der Waals surface area contributed by atoms with E-state index in [2.05, 4.69) is 32.3 Å². The highest BCUT2D eigenvalue weighted by molar-refractivity contribution is 5.82. The molecule has 12 nitrogen and oxygen atoms in total. The number of benzene rings is 1. The summed E-state index contributed by atoms with van der Waals surface area (Å²) in [6.45, 7) is 3.42. The molecule has 6 N–H and O–H groups in total. The second-order valence-electron chi connectivity index (χ2n) is 7.77. The van der Waals surface area contributed by atoms with Crippen molar-refractivity contribution in [1.29, 1.82) is 0 Å². The quantitative estimate of drug-likeness (QED) is 0.239. The van der Waals surface area contributed by atoms with E-state index in [0.717, 1.165) is 0 Å². The number of imidazole rings is 1. The van der Waals surface area contributed by atoms with Crippen LogP contribution in [0, 0.1) is 11.8 Å². The first-order chi connectivity index (χ1) is 16.2. The molecule has 1 aromatic carbocycles. The first kappa shape index (κ1) is 23.6. The van der Waals surface area contributed by atoms with E-state index >= 15 is 0 Å². The number of amides is 1. The molecule has 2 aromatic heterocycles. The maximum Gasteiger partial charge on any atom is 0.275 e. The van der Waals surface area contributed by atoms with Gasteiger partial charge in [0.05, 0.1) is 12.9 Å². The van der Waals surface area contributed by atoms with Crippen molar-refractivity contribution in [3.63, 3.8) is 0 Å². The monoisotopic (exact) mass is 468 g/mol. The summed E-state index contributed by atoms with van der Waals surface area (Å²) in [4.78, 5) is 29.7. The topological polar surface area (TPSA) is 178 Å². The lowest BCUT2D eigenvalue weighted by Crippen LogP contribution is -2.42. The van der Waals surface area contributed by atoms with Gasteiger partial charge in [-0.05, 0) is 25.3 Å². The van der Waals surface area contributed by atoms with Crippen molar-refractivity contribution in [1.82, 2.24) is 25.0 Å². The molecule has 12 heteroatoms. The van der Waals surface area contributed by atoms with Gasteiger partial charge in [0.15, 0.2) is 23.8 Å². The zero-order chi connectivity index (χ0) is 24.5. The Balaban J connectivity index is 1.66. The molecule has 0 saturated carbocycles. The van der Waals surface area contributed by atoms with Gasteiger partial charge in [-0.3, -0.25) is 14.2 Å². The molecule has 0 aliphatic carbocycles. The van der Waals surface area contributed by atoms with E-state index in [1.165, 1.54) is 10.9 Å². The first-order valence-corrected chi connectivity index (χ1v) is 10.5. The number of aromatic nitrogens is 4. The van der Waals surface area contributed by atoms with Crippen LogP contribution in [0.25, 0.3) is 11.2 Å². The predicted molar refractivity (Wildman–Crippen MR) is 118 cm³/mol. The van der Waals surface area contributed by atoms with Crippen molar-refractivity contribution in [2.45, 2.75) is 44.0 Å². The summed E-state index contributed by atoms with van der Waals surface area (Å²) in [7, 11) is 0. The normalized spacial score (nSPS) is 23.8. The number of nitrogen functional groups attached to an aromatic ring is 1. The van der Waals surface area contributed by atoms with Crippen molar-refractivity contribution >= 4 is 22.9 Å². The Morgan fingerprint density at radius 2 is 2.03 bits per heavy atom. The fraction of sp³-hybridized carbons (Fsp3) is 0.364. The lowest BCUT2D eigenvalue weighted by Gasteiger charge is -2.17. The highest BCUT2D eigenvalue weighted by Gasteiger charge is 2.48. The van der Waals surface area contributed by atoms with Crippen molar-refractivity contribution in [3.05, 3.63) is 48.0 Å². The number of hydrogen-bond acceptors (Lipinski definition) is 10. The molecule has 1 fully saturated rings. The molecule has 1 aliphatic rings. The Kier molecular flexibility index (Phi) is 6.47. The van der Waals surface area contributed by atoms with Gasteiger partial charge in [0.25, 0.3) is 5.91 Å². The van der Waals surface area contributed by atoms with Gasteiger partial charge in [0.1, 0.15) is 23.3 Å². The van der Waals surface area contributed by atoms with E-state index < -0.39 is 36.0 Å². The third-order valence-corrected chi connectivity index (χ3v) is 5.29. The van der Waals surface area contributed by atoms with Crippen LogP contribution >= 0.6 is 0 Å². The number of rotatable bonds is 5. The largest absolute Gasteiger partial charge is 0.387 e. The number of nitrogens with two attached hydrogens (primary N) is 1. The zero-order valence-corrected chi connectivity index (χ0v) is 18.4. The third-order valence-electron chi connectivity index (χ3n) is 5.29. The standard InChI is InChI=1S/C22H24N6O6/c1-3-33-27-20(31)17-15(29)16(30)21(34-17)28-11-24-14-18(23)25-13(26-19(14)28)9-10-22(2,32)12-7-5-4-6-8-12/h4-8,11,15-17,21,29-30,32H,3H2,1-2H3,(H,27,31)(H2,23,25,26)/t15-,16+,17-,21+,22?/m0/s1. The first-order valence-electron chi connectivity index (χ1n) is 10.5. The predicted octanol–water partition coefficient (Wildman–Crippen LogP) is -0.645. The van der Waals surface area contributed by atoms with Crippen LogP contribution in [0.3, 0.4) is 0 Å². The number of hydroxylamine groups is 1. The summed E-state index contributed by atoms with van der Waals surface area (Å²) in [6, 6.07) is 8.88. The highest BCUT2D eigenvalue weighted by atomic mass is 16.7. The lowest BCUT2D eigenvalue weighted by molar-refractivity contribution is -0.150. The molecule has 178 valence electrons. The van der Waals surface area contributed by atoms with Crippen LogP contribution in [0.15, 0.2) is 36.7 Å². The summed E-state index contributed by atoms with van der Waals surface area (Å²) in [5.74, 6) is 4.72. The molecule has 1 amide bonds. The molecule has 0 spiro atoms. The van der Waals surface area contributed by atoms with Crippen molar-refractivity contribution in [2.24, 2.45) is 0 Å². The Morgan fingerprint density at radius 1 is 1.29 bits per heavy atom.